The molecule has 1 aromatic carbocycles. The van der Waals surface area contributed by atoms with Crippen molar-refractivity contribution >= 4 is 50.5 Å². The van der Waals surface area contributed by atoms with Gasteiger partial charge in [0.1, 0.15) is 5.60 Å². The number of carbonyl (C=O) groups excluding carboxylic acids is 1. The van der Waals surface area contributed by atoms with Crippen LogP contribution in [0.2, 0.25) is 5.02 Å². The lowest BCUT2D eigenvalue weighted by molar-refractivity contribution is 0.0577. The quantitative estimate of drug-likeness (QED) is 0.686. The Morgan fingerprint density at radius 3 is 2.62 bits per heavy atom. The number of nitrogens with zero attached hydrogens (tertiary/aromatic N) is 1. The summed E-state index contributed by atoms with van der Waals surface area (Å²) in [5.41, 5.74) is -0.00568. The minimum atomic E-state index is -0.558. The minimum Gasteiger partial charge on any atom is -0.443 e. The average molecular weight is 375 g/mol. The lowest BCUT2D eigenvalue weighted by Crippen LogP contribution is -2.36. The van der Waals surface area contributed by atoms with Gasteiger partial charge >= 0.3 is 6.09 Å². The molecule has 0 saturated heterocycles. The van der Waals surface area contributed by atoms with Gasteiger partial charge in [-0.05, 0) is 39.8 Å². The number of anilines is 1. The molecule has 0 aliphatic carbocycles. The average Bonchev–Trinajstić information content (AvgIpc) is 2.71. The van der Waals surface area contributed by atoms with E-state index in [0.717, 1.165) is 9.86 Å². The molecule has 114 valence electrons. The molecule has 0 aliphatic heterocycles. The summed E-state index contributed by atoms with van der Waals surface area (Å²) < 4.78 is 11.9. The summed E-state index contributed by atoms with van der Waals surface area (Å²) in [5.74, 6) is 0.418. The second-order valence-electron chi connectivity index (χ2n) is 5.62. The Morgan fingerprint density at radius 1 is 1.38 bits per heavy atom. The van der Waals surface area contributed by atoms with Crippen molar-refractivity contribution < 1.29 is 13.9 Å². The standard InChI is InChI=1S/C15H17BrClNO3/c1-5-18(14(19)21-15(2,3)4)12-7-9-6-10(16)8-11(17)13(9)20-12/h6-8H,5H2,1-4H3. The van der Waals surface area contributed by atoms with Crippen LogP contribution in [0.15, 0.2) is 27.1 Å². The molecule has 0 atom stereocenters. The Balaban J connectivity index is 2.39. The van der Waals surface area contributed by atoms with Gasteiger partial charge in [-0.1, -0.05) is 27.5 Å². The maximum atomic E-state index is 12.2. The summed E-state index contributed by atoms with van der Waals surface area (Å²) in [6.07, 6.45) is -0.445. The molecule has 0 bridgehead atoms. The summed E-state index contributed by atoms with van der Waals surface area (Å²) in [6.45, 7) is 7.77. The van der Waals surface area contributed by atoms with E-state index in [2.05, 4.69) is 15.9 Å². The van der Waals surface area contributed by atoms with Gasteiger partial charge in [0.25, 0.3) is 0 Å². The zero-order chi connectivity index (χ0) is 15.8. The van der Waals surface area contributed by atoms with E-state index < -0.39 is 11.7 Å². The van der Waals surface area contributed by atoms with Crippen LogP contribution in [0.3, 0.4) is 0 Å². The lowest BCUT2D eigenvalue weighted by Gasteiger charge is -2.24. The van der Waals surface area contributed by atoms with Crippen LogP contribution in [0.25, 0.3) is 11.0 Å². The molecule has 4 nitrogen and oxygen atoms in total. The van der Waals surface area contributed by atoms with Gasteiger partial charge in [-0.2, -0.15) is 0 Å². The van der Waals surface area contributed by atoms with E-state index in [9.17, 15) is 4.79 Å². The van der Waals surface area contributed by atoms with Crippen LogP contribution < -0.4 is 4.90 Å². The molecular formula is C15H17BrClNO3. The van der Waals surface area contributed by atoms with Gasteiger partial charge in [-0.3, -0.25) is 0 Å². The van der Waals surface area contributed by atoms with Crippen LogP contribution in [0.5, 0.6) is 0 Å². The van der Waals surface area contributed by atoms with Crippen molar-refractivity contribution in [3.8, 4) is 0 Å². The molecule has 0 fully saturated rings. The molecule has 2 rings (SSSR count). The number of fused-ring (bicyclic) bond motifs is 1. The number of carbonyl (C=O) groups is 1. The van der Waals surface area contributed by atoms with Crippen LogP contribution in [0, 0.1) is 0 Å². The van der Waals surface area contributed by atoms with E-state index in [-0.39, 0.29) is 0 Å². The molecule has 2 aromatic rings. The number of ether oxygens (including phenoxy) is 1. The molecule has 1 heterocycles. The molecule has 1 aromatic heterocycles. The number of hydrogen-bond acceptors (Lipinski definition) is 3. The predicted octanol–water partition coefficient (Wildman–Crippen LogP) is 5.61. The van der Waals surface area contributed by atoms with Gasteiger partial charge in [0.05, 0.1) is 5.02 Å². The predicted molar refractivity (Wildman–Crippen MR) is 88.2 cm³/mol. The van der Waals surface area contributed by atoms with E-state index in [1.54, 1.807) is 12.1 Å². The second kappa shape index (κ2) is 5.89. The van der Waals surface area contributed by atoms with E-state index in [1.807, 2.05) is 33.8 Å². The molecule has 1 amide bonds. The fourth-order valence-corrected chi connectivity index (χ4v) is 2.76. The molecule has 0 spiro atoms. The molecule has 0 radical (unpaired) electrons. The van der Waals surface area contributed by atoms with Crippen molar-refractivity contribution in [1.82, 2.24) is 0 Å². The first-order valence-corrected chi connectivity index (χ1v) is 7.77. The highest BCUT2D eigenvalue weighted by molar-refractivity contribution is 9.10. The number of amides is 1. The Kier molecular flexibility index (Phi) is 4.54. The fourth-order valence-electron chi connectivity index (χ4n) is 1.89. The summed E-state index contributed by atoms with van der Waals surface area (Å²) in [4.78, 5) is 13.7. The van der Waals surface area contributed by atoms with E-state index >= 15 is 0 Å². The van der Waals surface area contributed by atoms with Crippen LogP contribution in [0.1, 0.15) is 27.7 Å². The molecule has 0 aliphatic rings. The molecule has 6 heteroatoms. The smallest absolute Gasteiger partial charge is 0.417 e. The van der Waals surface area contributed by atoms with Crippen LogP contribution in [0.4, 0.5) is 10.7 Å². The van der Waals surface area contributed by atoms with Crippen molar-refractivity contribution in [2.75, 3.05) is 11.4 Å². The van der Waals surface area contributed by atoms with E-state index in [4.69, 9.17) is 20.8 Å². The second-order valence-corrected chi connectivity index (χ2v) is 6.94. The fraction of sp³-hybridized carbons (Fsp3) is 0.400. The molecular weight excluding hydrogens is 358 g/mol. The first kappa shape index (κ1) is 16.2. The summed E-state index contributed by atoms with van der Waals surface area (Å²) in [7, 11) is 0. The van der Waals surface area contributed by atoms with Gasteiger partial charge < -0.3 is 9.15 Å². The Morgan fingerprint density at radius 2 is 2.05 bits per heavy atom. The Hall–Kier alpha value is -1.20. The first-order chi connectivity index (χ1) is 9.71. The van der Waals surface area contributed by atoms with Crippen molar-refractivity contribution in [2.24, 2.45) is 0 Å². The zero-order valence-corrected chi connectivity index (χ0v) is 14.7. The van der Waals surface area contributed by atoms with Gasteiger partial charge in [0.15, 0.2) is 5.58 Å². The van der Waals surface area contributed by atoms with Crippen molar-refractivity contribution in [1.29, 1.82) is 0 Å². The summed E-state index contributed by atoms with van der Waals surface area (Å²) >= 11 is 9.54. The van der Waals surface area contributed by atoms with Crippen LogP contribution in [-0.4, -0.2) is 18.2 Å². The van der Waals surface area contributed by atoms with Gasteiger partial charge in [0, 0.05) is 22.5 Å². The number of hydrogen-bond donors (Lipinski definition) is 0. The number of halogens is 2. The lowest BCUT2D eigenvalue weighted by atomic mass is 10.2. The number of furan rings is 1. The SMILES string of the molecule is CCN(C(=O)OC(C)(C)C)c1cc2cc(Br)cc(Cl)c2o1. The zero-order valence-electron chi connectivity index (χ0n) is 12.4. The molecule has 21 heavy (non-hydrogen) atoms. The van der Waals surface area contributed by atoms with Gasteiger partial charge in [-0.15, -0.1) is 0 Å². The Labute approximate surface area is 137 Å². The Bertz CT molecular complexity index is 675. The molecule has 0 N–H and O–H groups in total. The normalized spacial score (nSPS) is 11.7. The summed E-state index contributed by atoms with van der Waals surface area (Å²) in [6, 6.07) is 5.41. The monoisotopic (exact) mass is 373 g/mol. The van der Waals surface area contributed by atoms with Gasteiger partial charge in [0.2, 0.25) is 5.88 Å². The number of rotatable bonds is 2. The third-order valence-electron chi connectivity index (χ3n) is 2.72. The van der Waals surface area contributed by atoms with E-state index in [1.165, 1.54) is 4.90 Å². The van der Waals surface area contributed by atoms with Crippen LogP contribution >= 0.6 is 27.5 Å². The van der Waals surface area contributed by atoms with Gasteiger partial charge in [-0.25, -0.2) is 9.69 Å². The molecule has 0 unspecified atom stereocenters. The van der Waals surface area contributed by atoms with E-state index in [0.29, 0.717) is 23.0 Å². The highest BCUT2D eigenvalue weighted by atomic mass is 79.9. The maximum Gasteiger partial charge on any atom is 0.417 e. The van der Waals surface area contributed by atoms with Crippen molar-refractivity contribution in [2.45, 2.75) is 33.3 Å². The highest BCUT2D eigenvalue weighted by Crippen LogP contribution is 2.34. The molecule has 0 saturated carbocycles. The third-order valence-corrected chi connectivity index (χ3v) is 3.46. The third kappa shape index (κ3) is 3.71. The first-order valence-electron chi connectivity index (χ1n) is 6.60. The largest absolute Gasteiger partial charge is 0.443 e. The topological polar surface area (TPSA) is 42.7 Å². The summed E-state index contributed by atoms with van der Waals surface area (Å²) in [5, 5.41) is 1.32. The van der Waals surface area contributed by atoms with Crippen LogP contribution in [-0.2, 0) is 4.74 Å². The van der Waals surface area contributed by atoms with Crippen molar-refractivity contribution in [3.63, 3.8) is 0 Å². The highest BCUT2D eigenvalue weighted by Gasteiger charge is 2.25. The minimum absolute atomic E-state index is 0.418. The van der Waals surface area contributed by atoms with Crippen molar-refractivity contribution in [3.05, 3.63) is 27.7 Å². The maximum absolute atomic E-state index is 12.2. The number of benzene rings is 1.